The van der Waals surface area contributed by atoms with E-state index in [1.54, 1.807) is 29.1 Å². The molecule has 42 heavy (non-hydrogen) atoms. The molecule has 2 aliphatic rings. The maximum absolute atomic E-state index is 14.6. The van der Waals surface area contributed by atoms with Crippen molar-refractivity contribution in [3.8, 4) is 5.75 Å². The summed E-state index contributed by atoms with van der Waals surface area (Å²) in [5.41, 5.74) is 4.02. The van der Waals surface area contributed by atoms with E-state index in [1.807, 2.05) is 51.2 Å². The Balaban J connectivity index is 1.45. The zero-order valence-electron chi connectivity index (χ0n) is 23.9. The Kier molecular flexibility index (Phi) is 7.18. The number of amides is 3. The Labute approximate surface area is 244 Å². The van der Waals surface area contributed by atoms with Crippen LogP contribution in [0.25, 0.3) is 10.9 Å². The van der Waals surface area contributed by atoms with Crippen LogP contribution in [0.2, 0.25) is 0 Å². The van der Waals surface area contributed by atoms with Gasteiger partial charge in [0.2, 0.25) is 11.8 Å². The van der Waals surface area contributed by atoms with E-state index < -0.39 is 24.0 Å². The van der Waals surface area contributed by atoms with Crippen LogP contribution in [0.15, 0.2) is 72.9 Å². The van der Waals surface area contributed by atoms with Crippen molar-refractivity contribution in [2.45, 2.75) is 51.2 Å². The third-order valence-electron chi connectivity index (χ3n) is 8.90. The number of benzene rings is 3. The number of rotatable bonds is 7. The number of fused-ring (bicyclic) bond motifs is 2. The SMILES string of the molecule is CC[C@H](C)[C@@H]1C(=O)N[C@H](C2Cc3ccccc3C2)C(=O)N1C(C(=O)Nc1ccccc1O)c1ccc2c(cnn2C)c1. The molecule has 1 fully saturated rings. The van der Waals surface area contributed by atoms with Gasteiger partial charge in [-0.3, -0.25) is 19.1 Å². The largest absolute Gasteiger partial charge is 0.506 e. The number of aromatic nitrogens is 2. The number of anilines is 1. The van der Waals surface area contributed by atoms with Crippen LogP contribution in [0.3, 0.4) is 0 Å². The molecule has 0 bridgehead atoms. The molecule has 4 atom stereocenters. The summed E-state index contributed by atoms with van der Waals surface area (Å²) in [7, 11) is 1.84. The highest BCUT2D eigenvalue weighted by Crippen LogP contribution is 2.37. The van der Waals surface area contributed by atoms with Crippen LogP contribution in [0.1, 0.15) is 43.0 Å². The summed E-state index contributed by atoms with van der Waals surface area (Å²) in [5, 5.41) is 21.5. The fourth-order valence-electron chi connectivity index (χ4n) is 6.49. The van der Waals surface area contributed by atoms with Gasteiger partial charge in [-0.15, -0.1) is 0 Å². The van der Waals surface area contributed by atoms with E-state index in [0.717, 1.165) is 10.9 Å². The Hall–Kier alpha value is -4.66. The molecule has 0 saturated carbocycles. The van der Waals surface area contributed by atoms with Gasteiger partial charge in [-0.25, -0.2) is 0 Å². The summed E-state index contributed by atoms with van der Waals surface area (Å²) in [5.74, 6) is -1.46. The average molecular weight is 566 g/mol. The third-order valence-corrected chi connectivity index (χ3v) is 8.90. The molecular formula is C33H35N5O4. The lowest BCUT2D eigenvalue weighted by molar-refractivity contribution is -0.158. The van der Waals surface area contributed by atoms with E-state index in [4.69, 9.17) is 0 Å². The molecule has 216 valence electrons. The lowest BCUT2D eigenvalue weighted by Crippen LogP contribution is -2.68. The van der Waals surface area contributed by atoms with E-state index in [2.05, 4.69) is 27.9 Å². The van der Waals surface area contributed by atoms with E-state index in [0.29, 0.717) is 24.8 Å². The summed E-state index contributed by atoms with van der Waals surface area (Å²) < 4.78 is 1.74. The van der Waals surface area contributed by atoms with Crippen molar-refractivity contribution in [1.29, 1.82) is 0 Å². The molecule has 1 unspecified atom stereocenters. The molecule has 9 heteroatoms. The molecule has 9 nitrogen and oxygen atoms in total. The van der Waals surface area contributed by atoms with E-state index in [-0.39, 0.29) is 35.1 Å². The number of piperazine rings is 1. The Morgan fingerprint density at radius 1 is 1.07 bits per heavy atom. The maximum Gasteiger partial charge on any atom is 0.251 e. The first kappa shape index (κ1) is 27.5. The van der Waals surface area contributed by atoms with E-state index in [1.165, 1.54) is 22.1 Å². The van der Waals surface area contributed by atoms with Crippen molar-refractivity contribution >= 4 is 34.3 Å². The molecule has 4 aromatic rings. The van der Waals surface area contributed by atoms with Gasteiger partial charge >= 0.3 is 0 Å². The van der Waals surface area contributed by atoms with Gasteiger partial charge in [-0.2, -0.15) is 5.10 Å². The Morgan fingerprint density at radius 3 is 2.45 bits per heavy atom. The van der Waals surface area contributed by atoms with Gasteiger partial charge in [0.1, 0.15) is 23.9 Å². The molecule has 6 rings (SSSR count). The summed E-state index contributed by atoms with van der Waals surface area (Å²) in [6.45, 7) is 3.90. The van der Waals surface area contributed by atoms with Gasteiger partial charge in [0, 0.05) is 12.4 Å². The lowest BCUT2D eigenvalue weighted by atomic mass is 9.85. The number of hydrogen-bond donors (Lipinski definition) is 3. The van der Waals surface area contributed by atoms with Crippen molar-refractivity contribution in [2.24, 2.45) is 18.9 Å². The van der Waals surface area contributed by atoms with Gasteiger partial charge in [-0.05, 0) is 65.6 Å². The quantitative estimate of drug-likeness (QED) is 0.292. The van der Waals surface area contributed by atoms with Crippen molar-refractivity contribution in [3.63, 3.8) is 0 Å². The van der Waals surface area contributed by atoms with Gasteiger partial charge in [-0.1, -0.05) is 62.7 Å². The van der Waals surface area contributed by atoms with Crippen LogP contribution in [0.4, 0.5) is 5.69 Å². The highest BCUT2D eigenvalue weighted by Gasteiger charge is 2.50. The standard InChI is InChI=1S/C33H35N5O4/c1-4-19(2)29-31(40)36-28(23-15-20-9-5-6-10-21(20)16-23)33(42)38(29)30(32(41)35-25-11-7-8-12-27(25)39)22-13-14-26-24(17-22)18-34-37(26)3/h5-14,17-19,23,28-30,39H,4,15-16H2,1-3H3,(H,35,41)(H,36,40)/t19-,28+,29+,30?/m0/s1. The molecule has 1 aromatic heterocycles. The Bertz CT molecular complexity index is 1650. The second-order valence-corrected chi connectivity index (χ2v) is 11.5. The molecule has 1 saturated heterocycles. The van der Waals surface area contributed by atoms with E-state index in [9.17, 15) is 19.5 Å². The number of aryl methyl sites for hydroxylation is 1. The molecule has 0 radical (unpaired) electrons. The van der Waals surface area contributed by atoms with Crippen molar-refractivity contribution in [1.82, 2.24) is 20.0 Å². The van der Waals surface area contributed by atoms with Gasteiger partial charge < -0.3 is 20.6 Å². The normalized spacial score (nSPS) is 20.3. The van der Waals surface area contributed by atoms with Crippen LogP contribution < -0.4 is 10.6 Å². The number of hydrogen-bond acceptors (Lipinski definition) is 5. The first-order chi connectivity index (χ1) is 20.3. The third kappa shape index (κ3) is 4.78. The highest BCUT2D eigenvalue weighted by atomic mass is 16.3. The van der Waals surface area contributed by atoms with Crippen LogP contribution in [0.5, 0.6) is 5.75 Å². The zero-order chi connectivity index (χ0) is 29.5. The lowest BCUT2D eigenvalue weighted by Gasteiger charge is -2.46. The molecule has 1 aliphatic carbocycles. The van der Waals surface area contributed by atoms with Crippen LogP contribution >= 0.6 is 0 Å². The molecule has 0 spiro atoms. The molecule has 2 heterocycles. The monoisotopic (exact) mass is 565 g/mol. The number of para-hydroxylation sites is 2. The predicted molar refractivity (Wildman–Crippen MR) is 160 cm³/mol. The Morgan fingerprint density at radius 2 is 1.76 bits per heavy atom. The molecule has 3 N–H and O–H groups in total. The number of carbonyl (C=O) groups is 3. The minimum atomic E-state index is -1.13. The van der Waals surface area contributed by atoms with Gasteiger partial charge in [0.15, 0.2) is 0 Å². The van der Waals surface area contributed by atoms with Gasteiger partial charge in [0.25, 0.3) is 5.91 Å². The number of carbonyl (C=O) groups excluding carboxylic acids is 3. The summed E-state index contributed by atoms with van der Waals surface area (Å²) in [4.78, 5) is 44.3. The average Bonchev–Trinajstić information content (AvgIpc) is 3.59. The van der Waals surface area contributed by atoms with Crippen LogP contribution in [-0.2, 0) is 34.3 Å². The molecule has 1 aliphatic heterocycles. The molecular weight excluding hydrogens is 530 g/mol. The first-order valence-corrected chi connectivity index (χ1v) is 14.5. The number of nitrogens with zero attached hydrogens (tertiary/aromatic N) is 3. The van der Waals surface area contributed by atoms with Crippen molar-refractivity contribution < 1.29 is 19.5 Å². The van der Waals surface area contributed by atoms with Gasteiger partial charge in [0.05, 0.1) is 17.4 Å². The summed E-state index contributed by atoms with van der Waals surface area (Å²) >= 11 is 0. The van der Waals surface area contributed by atoms with Crippen LogP contribution in [0, 0.1) is 11.8 Å². The second kappa shape index (κ2) is 11.0. The molecule has 3 amide bonds. The summed E-state index contributed by atoms with van der Waals surface area (Å²) in [6.07, 6.45) is 3.69. The fourth-order valence-corrected chi connectivity index (χ4v) is 6.49. The van der Waals surface area contributed by atoms with Crippen molar-refractivity contribution in [2.75, 3.05) is 5.32 Å². The smallest absolute Gasteiger partial charge is 0.251 e. The van der Waals surface area contributed by atoms with Crippen LogP contribution in [-0.4, -0.2) is 49.6 Å². The number of aromatic hydroxyl groups is 1. The maximum atomic E-state index is 14.6. The number of nitrogens with one attached hydrogen (secondary N) is 2. The highest BCUT2D eigenvalue weighted by molar-refractivity contribution is 6.04. The number of phenolic OH excluding ortho intramolecular Hbond substituents is 1. The zero-order valence-corrected chi connectivity index (χ0v) is 23.9. The minimum absolute atomic E-state index is 0.0879. The van der Waals surface area contributed by atoms with Crippen molar-refractivity contribution in [3.05, 3.63) is 89.6 Å². The fraction of sp³-hybridized carbons (Fsp3) is 0.333. The minimum Gasteiger partial charge on any atom is -0.506 e. The first-order valence-electron chi connectivity index (χ1n) is 14.5. The van der Waals surface area contributed by atoms with E-state index >= 15 is 0 Å². The predicted octanol–water partition coefficient (Wildman–Crippen LogP) is 4.12. The topological polar surface area (TPSA) is 117 Å². The number of phenols is 1. The summed E-state index contributed by atoms with van der Waals surface area (Å²) in [6, 6.07) is 17.4. The second-order valence-electron chi connectivity index (χ2n) is 11.5. The molecule has 3 aromatic carbocycles.